The first kappa shape index (κ1) is 30.2. The zero-order valence-electron chi connectivity index (χ0n) is 21.3. The van der Waals surface area contributed by atoms with Crippen molar-refractivity contribution in [3.63, 3.8) is 0 Å². The molecule has 1 aliphatic rings. The van der Waals surface area contributed by atoms with Crippen molar-refractivity contribution in [2.24, 2.45) is 0 Å². The highest BCUT2D eigenvalue weighted by Gasteiger charge is 2.37. The van der Waals surface area contributed by atoms with Crippen molar-refractivity contribution in [3.05, 3.63) is 51.3 Å². The van der Waals surface area contributed by atoms with Crippen LogP contribution in [0.1, 0.15) is 33.3 Å². The monoisotopic (exact) mass is 640 g/mol. The van der Waals surface area contributed by atoms with Crippen LogP contribution in [-0.2, 0) is 29.2 Å². The molecule has 0 atom stereocenters. The second-order valence-electron chi connectivity index (χ2n) is 8.31. The minimum Gasteiger partial charge on any atom is -0.490 e. The van der Waals surface area contributed by atoms with E-state index in [1.54, 1.807) is 20.8 Å². The molecule has 2 aromatic carbocycles. The molecule has 2 aromatic rings. The van der Waals surface area contributed by atoms with Crippen molar-refractivity contribution in [3.8, 4) is 11.5 Å². The van der Waals surface area contributed by atoms with Gasteiger partial charge in [0.15, 0.2) is 11.5 Å². The Kier molecular flexibility index (Phi) is 9.80. The van der Waals surface area contributed by atoms with Crippen LogP contribution >= 0.6 is 27.7 Å². The van der Waals surface area contributed by atoms with Gasteiger partial charge in [-0.15, -0.1) is 0 Å². The average Bonchev–Trinajstić information content (AvgIpc) is 3.08. The van der Waals surface area contributed by atoms with Gasteiger partial charge in [0.05, 0.1) is 22.1 Å². The minimum absolute atomic E-state index is 0.0623. The van der Waals surface area contributed by atoms with Gasteiger partial charge in [0, 0.05) is 12.6 Å². The lowest BCUT2D eigenvalue weighted by atomic mass is 10.2. The van der Waals surface area contributed by atoms with E-state index in [-0.39, 0.29) is 38.3 Å². The number of halogens is 1. The van der Waals surface area contributed by atoms with Crippen molar-refractivity contribution in [2.75, 3.05) is 18.5 Å². The number of amides is 3. The van der Waals surface area contributed by atoms with Crippen LogP contribution in [0.15, 0.2) is 50.7 Å². The molecule has 1 N–H and O–H groups in total. The largest absolute Gasteiger partial charge is 0.490 e. The number of nitrogens with one attached hydrogen (secondary N) is 1. The third kappa shape index (κ3) is 7.83. The molecule has 0 aromatic heterocycles. The molecule has 1 saturated heterocycles. The van der Waals surface area contributed by atoms with E-state index in [1.807, 2.05) is 0 Å². The van der Waals surface area contributed by atoms with Crippen molar-refractivity contribution >= 4 is 72.6 Å². The van der Waals surface area contributed by atoms with Crippen molar-refractivity contribution < 1.29 is 41.3 Å². The zero-order chi connectivity index (χ0) is 28.9. The Bertz CT molecular complexity index is 1440. The summed E-state index contributed by atoms with van der Waals surface area (Å²) >= 11 is 3.96. The maximum Gasteiger partial charge on any atom is 0.339 e. The molecular formula is C25H25BrN2O9S2. The Balaban J connectivity index is 1.87. The number of esters is 1. The summed E-state index contributed by atoms with van der Waals surface area (Å²) in [6, 6.07) is 8.38. The topological polar surface area (TPSA) is 145 Å². The van der Waals surface area contributed by atoms with Gasteiger partial charge in [-0.25, -0.2) is 0 Å². The smallest absolute Gasteiger partial charge is 0.339 e. The molecular weight excluding hydrogens is 616 g/mol. The molecule has 14 heteroatoms. The summed E-state index contributed by atoms with van der Waals surface area (Å²) < 4.78 is 42.1. The van der Waals surface area contributed by atoms with Gasteiger partial charge in [0.1, 0.15) is 11.4 Å². The molecule has 0 saturated carbocycles. The molecule has 11 nitrogen and oxygen atoms in total. The second-order valence-corrected chi connectivity index (χ2v) is 11.7. The summed E-state index contributed by atoms with van der Waals surface area (Å²) in [5, 5.41) is 1.93. The first-order valence-corrected chi connectivity index (χ1v) is 14.6. The van der Waals surface area contributed by atoms with Gasteiger partial charge >= 0.3 is 16.1 Å². The number of rotatable bonds is 10. The molecule has 0 unspecified atom stereocenters. The van der Waals surface area contributed by atoms with E-state index in [4.69, 9.17) is 13.7 Å². The Labute approximate surface area is 238 Å². The molecule has 3 amide bonds. The number of carbonyl (C=O) groups is 4. The van der Waals surface area contributed by atoms with Gasteiger partial charge in [0.2, 0.25) is 5.91 Å². The van der Waals surface area contributed by atoms with Crippen LogP contribution in [-0.4, -0.2) is 55.6 Å². The Morgan fingerprint density at radius 3 is 2.41 bits per heavy atom. The third-order valence-electron chi connectivity index (χ3n) is 4.81. The molecule has 0 spiro atoms. The first-order chi connectivity index (χ1) is 18.3. The lowest BCUT2D eigenvalue weighted by Gasteiger charge is -2.15. The number of ether oxygens (including phenoxy) is 2. The second kappa shape index (κ2) is 12.7. The predicted molar refractivity (Wildman–Crippen MR) is 148 cm³/mol. The fourth-order valence-electron chi connectivity index (χ4n) is 3.30. The molecule has 39 heavy (non-hydrogen) atoms. The SMILES string of the molecule is CCOc1cc(/C=C2\SC(=O)N(CC(=O)OC(C)C)C2=O)cc(Br)c1OS(=O)(=O)c1ccc(NC(C)=O)cc1. The summed E-state index contributed by atoms with van der Waals surface area (Å²) in [4.78, 5) is 49.0. The number of hydrogen-bond donors (Lipinski definition) is 1. The van der Waals surface area contributed by atoms with Crippen molar-refractivity contribution in [1.82, 2.24) is 4.90 Å². The number of nitrogens with zero attached hydrogens (tertiary/aromatic N) is 1. The fraction of sp³-hybridized carbons (Fsp3) is 0.280. The predicted octanol–water partition coefficient (Wildman–Crippen LogP) is 4.56. The summed E-state index contributed by atoms with van der Waals surface area (Å²) in [5.74, 6) is -1.72. The van der Waals surface area contributed by atoms with Crippen LogP contribution < -0.4 is 14.2 Å². The average molecular weight is 642 g/mol. The molecule has 208 valence electrons. The highest BCUT2D eigenvalue weighted by atomic mass is 79.9. The van der Waals surface area contributed by atoms with Gasteiger partial charge in [-0.05, 0) is 96.5 Å². The summed E-state index contributed by atoms with van der Waals surface area (Å²) in [6.45, 7) is 6.00. The first-order valence-electron chi connectivity index (χ1n) is 11.5. The van der Waals surface area contributed by atoms with E-state index in [0.717, 1.165) is 4.90 Å². The molecule has 1 fully saturated rings. The van der Waals surface area contributed by atoms with Crippen LogP contribution in [0.5, 0.6) is 11.5 Å². The van der Waals surface area contributed by atoms with Crippen LogP contribution in [0.3, 0.4) is 0 Å². The minimum atomic E-state index is -4.29. The van der Waals surface area contributed by atoms with E-state index in [1.165, 1.54) is 49.4 Å². The molecule has 1 heterocycles. The van der Waals surface area contributed by atoms with Crippen LogP contribution in [0, 0.1) is 0 Å². The van der Waals surface area contributed by atoms with Gasteiger partial charge in [-0.3, -0.25) is 24.1 Å². The molecule has 1 aliphatic heterocycles. The Hall–Kier alpha value is -3.36. The summed E-state index contributed by atoms with van der Waals surface area (Å²) in [5.41, 5.74) is 0.827. The van der Waals surface area contributed by atoms with Gasteiger partial charge < -0.3 is 19.0 Å². The van der Waals surface area contributed by atoms with Gasteiger partial charge in [0.25, 0.3) is 11.1 Å². The molecule has 3 rings (SSSR count). The maximum atomic E-state index is 13.0. The van der Waals surface area contributed by atoms with Crippen LogP contribution in [0.2, 0.25) is 0 Å². The van der Waals surface area contributed by atoms with E-state index in [0.29, 0.717) is 23.0 Å². The standard InChI is InChI=1S/C25H25BrN2O9S2/c1-5-35-20-11-16(12-21-24(31)28(25(32)38-21)13-22(30)36-14(2)3)10-19(26)23(20)37-39(33,34)18-8-6-17(7-9-18)27-15(4)29/h6-12,14H,5,13H2,1-4H3,(H,27,29)/b21-12-. The zero-order valence-corrected chi connectivity index (χ0v) is 24.6. The Morgan fingerprint density at radius 1 is 1.15 bits per heavy atom. The van der Waals surface area contributed by atoms with Gasteiger partial charge in [-0.2, -0.15) is 8.42 Å². The van der Waals surface area contributed by atoms with Crippen molar-refractivity contribution in [1.29, 1.82) is 0 Å². The molecule has 0 aliphatic carbocycles. The van der Waals surface area contributed by atoms with Gasteiger partial charge in [-0.1, -0.05) is 0 Å². The summed E-state index contributed by atoms with van der Waals surface area (Å²) in [6.07, 6.45) is 1.03. The lowest BCUT2D eigenvalue weighted by molar-refractivity contribution is -0.149. The third-order valence-corrected chi connectivity index (χ3v) is 7.55. The number of benzene rings is 2. The van der Waals surface area contributed by atoms with E-state index in [9.17, 15) is 27.6 Å². The normalized spacial score (nSPS) is 14.6. The summed E-state index contributed by atoms with van der Waals surface area (Å²) in [7, 11) is -4.29. The fourth-order valence-corrected chi connectivity index (χ4v) is 5.74. The number of anilines is 1. The Morgan fingerprint density at radius 2 is 1.82 bits per heavy atom. The molecule has 0 radical (unpaired) electrons. The van der Waals surface area contributed by atoms with E-state index in [2.05, 4.69) is 21.2 Å². The lowest BCUT2D eigenvalue weighted by Crippen LogP contribution is -2.35. The van der Waals surface area contributed by atoms with Crippen LogP contribution in [0.25, 0.3) is 6.08 Å². The highest BCUT2D eigenvalue weighted by Crippen LogP contribution is 2.40. The van der Waals surface area contributed by atoms with Crippen LogP contribution in [0.4, 0.5) is 10.5 Å². The van der Waals surface area contributed by atoms with E-state index >= 15 is 0 Å². The van der Waals surface area contributed by atoms with Crippen molar-refractivity contribution in [2.45, 2.75) is 38.7 Å². The number of carbonyl (C=O) groups excluding carboxylic acids is 4. The number of hydrogen-bond acceptors (Lipinski definition) is 10. The highest BCUT2D eigenvalue weighted by molar-refractivity contribution is 9.10. The molecule has 0 bridgehead atoms. The number of imide groups is 1. The number of thioether (sulfide) groups is 1. The maximum absolute atomic E-state index is 13.0. The quantitative estimate of drug-likeness (QED) is 0.223. The van der Waals surface area contributed by atoms with E-state index < -0.39 is 39.9 Å².